The van der Waals surface area contributed by atoms with Crippen LogP contribution in [0.4, 0.5) is 17.1 Å². The molecular weight excluding hydrogens is 444 g/mol. The summed E-state index contributed by atoms with van der Waals surface area (Å²) in [6, 6.07) is 9.83. The second-order valence-electron chi connectivity index (χ2n) is 7.94. The second kappa shape index (κ2) is 10.7. The van der Waals surface area contributed by atoms with E-state index in [0.29, 0.717) is 35.9 Å². The summed E-state index contributed by atoms with van der Waals surface area (Å²) in [4.78, 5) is 24.1. The van der Waals surface area contributed by atoms with E-state index >= 15 is 0 Å². The summed E-state index contributed by atoms with van der Waals surface area (Å²) >= 11 is 0. The molecule has 0 unspecified atom stereocenters. The van der Waals surface area contributed by atoms with Crippen LogP contribution in [0.5, 0.6) is 5.75 Å². The van der Waals surface area contributed by atoms with Crippen molar-refractivity contribution in [1.29, 1.82) is 0 Å². The van der Waals surface area contributed by atoms with Crippen molar-refractivity contribution >= 4 is 38.9 Å². The van der Waals surface area contributed by atoms with Gasteiger partial charge in [-0.15, -0.1) is 0 Å². The molecule has 2 aromatic carbocycles. The first-order valence-electron chi connectivity index (χ1n) is 10.8. The molecule has 0 aliphatic carbocycles. The summed E-state index contributed by atoms with van der Waals surface area (Å²) in [6.07, 6.45) is 2.74. The van der Waals surface area contributed by atoms with Crippen LogP contribution in [0.25, 0.3) is 0 Å². The van der Waals surface area contributed by atoms with Crippen LogP contribution in [0.3, 0.4) is 0 Å². The van der Waals surface area contributed by atoms with E-state index in [-0.39, 0.29) is 23.3 Å². The van der Waals surface area contributed by atoms with E-state index in [1.165, 1.54) is 24.4 Å². The van der Waals surface area contributed by atoms with Gasteiger partial charge in [0.15, 0.2) is 0 Å². The van der Waals surface area contributed by atoms with E-state index in [4.69, 9.17) is 4.74 Å². The van der Waals surface area contributed by atoms with Crippen LogP contribution in [0, 0.1) is 6.92 Å². The Labute approximate surface area is 194 Å². The van der Waals surface area contributed by atoms with Gasteiger partial charge in [0, 0.05) is 31.4 Å². The molecule has 0 bridgehead atoms. The number of amides is 2. The maximum Gasteiger partial charge on any atom is 0.243 e. The molecule has 33 heavy (non-hydrogen) atoms. The van der Waals surface area contributed by atoms with Crippen molar-refractivity contribution in [3.05, 3.63) is 42.0 Å². The topological polar surface area (TPSA) is 117 Å². The van der Waals surface area contributed by atoms with Crippen LogP contribution in [-0.4, -0.2) is 51.3 Å². The fraction of sp³-hybridized carbons (Fsp3) is 0.391. The van der Waals surface area contributed by atoms with Gasteiger partial charge >= 0.3 is 0 Å². The number of carbonyl (C=O) groups is 2. The molecule has 2 amide bonds. The first-order valence-corrected chi connectivity index (χ1v) is 12.2. The molecule has 0 spiro atoms. The third-order valence-electron chi connectivity index (χ3n) is 5.40. The first-order chi connectivity index (χ1) is 15.7. The SMILES string of the molecule is COc1ccc(NC(C)=O)cc1NCC(=O)Nc1cc(S(=O)(=O)N2CCCCC2)ccc1C. The third-order valence-corrected chi connectivity index (χ3v) is 7.29. The average Bonchev–Trinajstić information content (AvgIpc) is 2.79. The van der Waals surface area contributed by atoms with Crippen molar-refractivity contribution in [2.45, 2.75) is 38.0 Å². The summed E-state index contributed by atoms with van der Waals surface area (Å²) < 4.78 is 32.8. The lowest BCUT2D eigenvalue weighted by atomic mass is 10.2. The molecule has 10 heteroatoms. The van der Waals surface area contributed by atoms with Crippen molar-refractivity contribution in [3.8, 4) is 5.75 Å². The molecular formula is C23H30N4O5S. The number of sulfonamides is 1. The van der Waals surface area contributed by atoms with E-state index in [1.54, 1.807) is 37.3 Å². The van der Waals surface area contributed by atoms with Crippen LogP contribution in [-0.2, 0) is 19.6 Å². The highest BCUT2D eigenvalue weighted by Gasteiger charge is 2.26. The number of carbonyl (C=O) groups excluding carboxylic acids is 2. The number of hydrogen-bond donors (Lipinski definition) is 3. The minimum atomic E-state index is -3.60. The van der Waals surface area contributed by atoms with Gasteiger partial charge in [0.2, 0.25) is 21.8 Å². The highest BCUT2D eigenvalue weighted by Crippen LogP contribution is 2.28. The first kappa shape index (κ1) is 24.5. The zero-order valence-electron chi connectivity index (χ0n) is 19.1. The van der Waals surface area contributed by atoms with Crippen molar-refractivity contribution in [2.75, 3.05) is 42.7 Å². The largest absolute Gasteiger partial charge is 0.495 e. The fourth-order valence-corrected chi connectivity index (χ4v) is 5.19. The molecule has 1 aliphatic heterocycles. The van der Waals surface area contributed by atoms with Crippen molar-refractivity contribution in [3.63, 3.8) is 0 Å². The zero-order valence-corrected chi connectivity index (χ0v) is 19.9. The average molecular weight is 475 g/mol. The molecule has 1 fully saturated rings. The molecule has 1 heterocycles. The van der Waals surface area contributed by atoms with Crippen molar-refractivity contribution in [2.24, 2.45) is 0 Å². The Bertz CT molecular complexity index is 1130. The Hall–Kier alpha value is -3.11. The van der Waals surface area contributed by atoms with Crippen LogP contribution >= 0.6 is 0 Å². The van der Waals surface area contributed by atoms with E-state index in [9.17, 15) is 18.0 Å². The van der Waals surface area contributed by atoms with Crippen LogP contribution in [0.1, 0.15) is 31.7 Å². The second-order valence-corrected chi connectivity index (χ2v) is 9.88. The monoisotopic (exact) mass is 474 g/mol. The molecule has 3 N–H and O–H groups in total. The minimum absolute atomic E-state index is 0.0809. The summed E-state index contributed by atoms with van der Waals surface area (Å²) in [7, 11) is -2.09. The molecule has 0 atom stereocenters. The Morgan fingerprint density at radius 2 is 1.73 bits per heavy atom. The van der Waals surface area contributed by atoms with Gasteiger partial charge in [-0.1, -0.05) is 12.5 Å². The quantitative estimate of drug-likeness (QED) is 0.541. The van der Waals surface area contributed by atoms with Crippen LogP contribution in [0.15, 0.2) is 41.3 Å². The Morgan fingerprint density at radius 3 is 2.39 bits per heavy atom. The number of benzene rings is 2. The molecule has 9 nitrogen and oxygen atoms in total. The lowest BCUT2D eigenvalue weighted by molar-refractivity contribution is -0.115. The van der Waals surface area contributed by atoms with Gasteiger partial charge in [-0.05, 0) is 55.7 Å². The zero-order chi connectivity index (χ0) is 24.0. The molecule has 0 aromatic heterocycles. The highest BCUT2D eigenvalue weighted by atomic mass is 32.2. The van der Waals surface area contributed by atoms with E-state index < -0.39 is 10.0 Å². The summed E-state index contributed by atoms with van der Waals surface area (Å²) in [5.41, 5.74) is 2.31. The predicted octanol–water partition coefficient (Wildman–Crippen LogP) is 3.19. The Morgan fingerprint density at radius 1 is 1.00 bits per heavy atom. The molecule has 178 valence electrons. The van der Waals surface area contributed by atoms with Gasteiger partial charge in [0.1, 0.15) is 5.75 Å². The van der Waals surface area contributed by atoms with E-state index in [1.807, 2.05) is 0 Å². The van der Waals surface area contributed by atoms with E-state index in [0.717, 1.165) is 24.8 Å². The van der Waals surface area contributed by atoms with Gasteiger partial charge in [-0.3, -0.25) is 9.59 Å². The van der Waals surface area contributed by atoms with Gasteiger partial charge in [-0.25, -0.2) is 8.42 Å². The molecule has 1 aliphatic rings. The van der Waals surface area contributed by atoms with Crippen LogP contribution in [0.2, 0.25) is 0 Å². The number of piperidine rings is 1. The number of aryl methyl sites for hydroxylation is 1. The highest BCUT2D eigenvalue weighted by molar-refractivity contribution is 7.89. The third kappa shape index (κ3) is 6.23. The standard InChI is InChI=1S/C23H30N4O5S/c1-16-7-9-19(33(30,31)27-11-5-4-6-12-27)14-20(16)26-23(29)15-24-21-13-18(25-17(2)28)8-10-22(21)32-3/h7-10,13-14,24H,4-6,11-12,15H2,1-3H3,(H,25,28)(H,26,29). The Balaban J connectivity index is 1.71. The summed E-state index contributed by atoms with van der Waals surface area (Å²) in [5, 5.41) is 8.47. The number of methoxy groups -OCH3 is 1. The van der Waals surface area contributed by atoms with Crippen molar-refractivity contribution in [1.82, 2.24) is 4.31 Å². The fourth-order valence-electron chi connectivity index (χ4n) is 3.65. The van der Waals surface area contributed by atoms with Gasteiger partial charge in [-0.2, -0.15) is 4.31 Å². The number of anilines is 3. The molecule has 2 aromatic rings. The van der Waals surface area contributed by atoms with Crippen molar-refractivity contribution < 1.29 is 22.7 Å². The van der Waals surface area contributed by atoms with Gasteiger partial charge < -0.3 is 20.7 Å². The predicted molar refractivity (Wildman–Crippen MR) is 128 cm³/mol. The summed E-state index contributed by atoms with van der Waals surface area (Å²) in [5.74, 6) is -0.0426. The normalized spacial score (nSPS) is 14.4. The molecule has 3 rings (SSSR count). The molecule has 0 saturated carbocycles. The minimum Gasteiger partial charge on any atom is -0.495 e. The number of ether oxygens (including phenoxy) is 1. The molecule has 1 saturated heterocycles. The van der Waals surface area contributed by atoms with Gasteiger partial charge in [0.05, 0.1) is 24.2 Å². The maximum atomic E-state index is 13.0. The number of nitrogens with zero attached hydrogens (tertiary/aromatic N) is 1. The van der Waals surface area contributed by atoms with Crippen LogP contribution < -0.4 is 20.7 Å². The van der Waals surface area contributed by atoms with E-state index in [2.05, 4.69) is 16.0 Å². The maximum absolute atomic E-state index is 13.0. The lowest BCUT2D eigenvalue weighted by Gasteiger charge is -2.26. The number of nitrogens with one attached hydrogen (secondary N) is 3. The smallest absolute Gasteiger partial charge is 0.243 e. The number of hydrogen-bond acceptors (Lipinski definition) is 6. The summed E-state index contributed by atoms with van der Waals surface area (Å²) in [6.45, 7) is 4.16. The Kier molecular flexibility index (Phi) is 7.93. The molecule has 0 radical (unpaired) electrons. The van der Waals surface area contributed by atoms with Gasteiger partial charge in [0.25, 0.3) is 0 Å². The number of rotatable bonds is 8. The lowest BCUT2D eigenvalue weighted by Crippen LogP contribution is -2.35.